The maximum Gasteiger partial charge on any atom is 0.133 e. The summed E-state index contributed by atoms with van der Waals surface area (Å²) in [7, 11) is 0. The average molecular weight is 276 g/mol. The minimum absolute atomic E-state index is 0.000523. The smallest absolute Gasteiger partial charge is 0.133 e. The Morgan fingerprint density at radius 2 is 1.68 bits per heavy atom. The predicted octanol–water partition coefficient (Wildman–Crippen LogP) is 2.41. The number of rotatable bonds is 4. The van der Waals surface area contributed by atoms with E-state index in [0.717, 1.165) is 0 Å². The number of hydrogen-bond donors (Lipinski definition) is 1. The monoisotopic (exact) mass is 276 g/mol. The fourth-order valence-corrected chi connectivity index (χ4v) is 2.48. The molecule has 1 atom stereocenters. The molecule has 0 saturated carbocycles. The Hall–Kier alpha value is -1.14. The van der Waals surface area contributed by atoms with Gasteiger partial charge in [-0.05, 0) is 6.42 Å². The van der Waals surface area contributed by atoms with E-state index in [0.29, 0.717) is 38.3 Å². The van der Waals surface area contributed by atoms with E-state index in [4.69, 9.17) is 0 Å². The van der Waals surface area contributed by atoms with Crippen molar-refractivity contribution in [3.05, 3.63) is 35.1 Å². The lowest BCUT2D eigenvalue weighted by atomic mass is 10.00. The third kappa shape index (κ3) is 3.25. The van der Waals surface area contributed by atoms with E-state index >= 15 is 0 Å². The van der Waals surface area contributed by atoms with Crippen molar-refractivity contribution >= 4 is 0 Å². The lowest BCUT2D eigenvalue weighted by Crippen LogP contribution is -2.45. The molecule has 0 unspecified atom stereocenters. The van der Waals surface area contributed by atoms with Gasteiger partial charge in [-0.1, -0.05) is 0 Å². The van der Waals surface area contributed by atoms with Gasteiger partial charge in [0.15, 0.2) is 0 Å². The van der Waals surface area contributed by atoms with Crippen LogP contribution in [0.2, 0.25) is 0 Å². The molecule has 0 amide bonds. The summed E-state index contributed by atoms with van der Waals surface area (Å²) in [5, 5.41) is 3.12. The van der Waals surface area contributed by atoms with E-state index in [-0.39, 0.29) is 12.0 Å². The van der Waals surface area contributed by atoms with E-state index in [1.807, 2.05) is 4.90 Å². The number of nitrogens with zero attached hydrogens (tertiary/aromatic N) is 1. The average Bonchev–Trinajstić information content (AvgIpc) is 2.37. The number of piperazine rings is 1. The Morgan fingerprint density at radius 3 is 2.21 bits per heavy atom. The minimum atomic E-state index is -0.960. The standard InChI is InChI=1S/C13H16F4N2/c14-2-1-12(19-5-3-18-4-6-19)13-10(16)7-9(15)8-11(13)17/h7-8,12,18H,1-6H2/t12-/m0/s1. The molecule has 19 heavy (non-hydrogen) atoms. The van der Waals surface area contributed by atoms with Gasteiger partial charge in [0.1, 0.15) is 17.5 Å². The first-order chi connectivity index (χ1) is 9.13. The van der Waals surface area contributed by atoms with E-state index in [9.17, 15) is 17.6 Å². The second kappa shape index (κ2) is 6.34. The molecule has 106 valence electrons. The van der Waals surface area contributed by atoms with Crippen LogP contribution < -0.4 is 5.32 Å². The zero-order chi connectivity index (χ0) is 13.8. The topological polar surface area (TPSA) is 15.3 Å². The third-order valence-corrected chi connectivity index (χ3v) is 3.35. The van der Waals surface area contributed by atoms with Crippen LogP contribution in [0.1, 0.15) is 18.0 Å². The molecule has 1 aliphatic heterocycles. The molecule has 1 aromatic carbocycles. The Bertz CT molecular complexity index is 410. The van der Waals surface area contributed by atoms with Crippen LogP contribution >= 0.6 is 0 Å². The predicted molar refractivity (Wildman–Crippen MR) is 64.1 cm³/mol. The number of hydrogen-bond acceptors (Lipinski definition) is 2. The highest BCUT2D eigenvalue weighted by molar-refractivity contribution is 5.24. The fourth-order valence-electron chi connectivity index (χ4n) is 2.48. The van der Waals surface area contributed by atoms with Crippen molar-refractivity contribution in [3.8, 4) is 0 Å². The van der Waals surface area contributed by atoms with E-state index < -0.39 is 30.2 Å². The molecule has 1 aliphatic rings. The second-order valence-corrected chi connectivity index (χ2v) is 4.56. The molecule has 1 heterocycles. The Morgan fingerprint density at radius 1 is 1.11 bits per heavy atom. The van der Waals surface area contributed by atoms with Crippen molar-refractivity contribution in [3.63, 3.8) is 0 Å². The first-order valence-corrected chi connectivity index (χ1v) is 6.28. The number of nitrogens with one attached hydrogen (secondary N) is 1. The molecule has 2 nitrogen and oxygen atoms in total. The van der Waals surface area contributed by atoms with Gasteiger partial charge in [-0.3, -0.25) is 9.29 Å². The Labute approximate surface area is 109 Å². The van der Waals surface area contributed by atoms with Crippen LogP contribution in [0.3, 0.4) is 0 Å². The van der Waals surface area contributed by atoms with E-state index in [1.165, 1.54) is 0 Å². The Balaban J connectivity index is 2.32. The fraction of sp³-hybridized carbons (Fsp3) is 0.538. The number of benzene rings is 1. The SMILES string of the molecule is FCC[C@@H](c1c(F)cc(F)cc1F)N1CCNCC1. The molecular weight excluding hydrogens is 260 g/mol. The van der Waals surface area contributed by atoms with Gasteiger partial charge in [0.05, 0.1) is 6.67 Å². The van der Waals surface area contributed by atoms with Gasteiger partial charge in [0.2, 0.25) is 0 Å². The van der Waals surface area contributed by atoms with Gasteiger partial charge in [0.25, 0.3) is 0 Å². The van der Waals surface area contributed by atoms with Crippen molar-refractivity contribution in [1.82, 2.24) is 10.2 Å². The molecule has 6 heteroatoms. The highest BCUT2D eigenvalue weighted by Crippen LogP contribution is 2.30. The summed E-state index contributed by atoms with van der Waals surface area (Å²) in [5.41, 5.74) is -0.235. The largest absolute Gasteiger partial charge is 0.314 e. The normalized spacial score (nSPS) is 18.5. The van der Waals surface area contributed by atoms with Crippen molar-refractivity contribution < 1.29 is 17.6 Å². The third-order valence-electron chi connectivity index (χ3n) is 3.35. The van der Waals surface area contributed by atoms with Gasteiger partial charge in [-0.2, -0.15) is 0 Å². The van der Waals surface area contributed by atoms with Crippen LogP contribution in [0, 0.1) is 17.5 Å². The van der Waals surface area contributed by atoms with Crippen molar-refractivity contribution in [1.29, 1.82) is 0 Å². The van der Waals surface area contributed by atoms with Crippen molar-refractivity contribution in [2.45, 2.75) is 12.5 Å². The van der Waals surface area contributed by atoms with Gasteiger partial charge in [-0.15, -0.1) is 0 Å². The molecule has 0 spiro atoms. The highest BCUT2D eigenvalue weighted by Gasteiger charge is 2.27. The maximum atomic E-state index is 13.8. The van der Waals surface area contributed by atoms with Crippen LogP contribution in [0.25, 0.3) is 0 Å². The first kappa shape index (κ1) is 14.3. The molecule has 1 N–H and O–H groups in total. The Kier molecular flexibility index (Phi) is 4.76. The van der Waals surface area contributed by atoms with E-state index in [1.54, 1.807) is 0 Å². The van der Waals surface area contributed by atoms with Gasteiger partial charge in [0, 0.05) is 49.9 Å². The number of alkyl halides is 1. The molecule has 0 aromatic heterocycles. The van der Waals surface area contributed by atoms with Crippen LogP contribution in [0.5, 0.6) is 0 Å². The summed E-state index contributed by atoms with van der Waals surface area (Å²) < 4.78 is 53.2. The van der Waals surface area contributed by atoms with Crippen LogP contribution in [-0.2, 0) is 0 Å². The summed E-state index contributed by atoms with van der Waals surface area (Å²) in [4.78, 5) is 1.83. The summed E-state index contributed by atoms with van der Waals surface area (Å²) in [6.07, 6.45) is -0.000523. The lowest BCUT2D eigenvalue weighted by Gasteiger charge is -2.35. The molecule has 0 radical (unpaired) electrons. The van der Waals surface area contributed by atoms with Gasteiger partial charge in [-0.25, -0.2) is 13.2 Å². The minimum Gasteiger partial charge on any atom is -0.314 e. The molecule has 1 aromatic rings. The molecular formula is C13H16F4N2. The molecule has 2 rings (SSSR count). The van der Waals surface area contributed by atoms with Crippen LogP contribution in [0.15, 0.2) is 12.1 Å². The maximum absolute atomic E-state index is 13.8. The highest BCUT2D eigenvalue weighted by atomic mass is 19.1. The molecule has 1 fully saturated rings. The van der Waals surface area contributed by atoms with Crippen molar-refractivity contribution in [2.75, 3.05) is 32.9 Å². The molecule has 0 aliphatic carbocycles. The lowest BCUT2D eigenvalue weighted by molar-refractivity contribution is 0.151. The first-order valence-electron chi connectivity index (χ1n) is 6.28. The zero-order valence-corrected chi connectivity index (χ0v) is 10.4. The molecule has 0 bridgehead atoms. The van der Waals surface area contributed by atoms with Gasteiger partial charge >= 0.3 is 0 Å². The molecule has 1 saturated heterocycles. The van der Waals surface area contributed by atoms with Crippen LogP contribution in [0.4, 0.5) is 17.6 Å². The second-order valence-electron chi connectivity index (χ2n) is 4.56. The van der Waals surface area contributed by atoms with Crippen LogP contribution in [-0.4, -0.2) is 37.8 Å². The summed E-state index contributed by atoms with van der Waals surface area (Å²) in [5.74, 6) is -2.86. The number of halogens is 4. The quantitative estimate of drug-likeness (QED) is 0.850. The van der Waals surface area contributed by atoms with Gasteiger partial charge < -0.3 is 5.32 Å². The summed E-state index contributed by atoms with van der Waals surface area (Å²) >= 11 is 0. The van der Waals surface area contributed by atoms with Crippen molar-refractivity contribution in [2.24, 2.45) is 0 Å². The summed E-state index contributed by atoms with van der Waals surface area (Å²) in [6, 6.07) is 0.602. The summed E-state index contributed by atoms with van der Waals surface area (Å²) in [6.45, 7) is 1.87. The zero-order valence-electron chi connectivity index (χ0n) is 10.4. The van der Waals surface area contributed by atoms with E-state index in [2.05, 4.69) is 5.32 Å².